The fourth-order valence-electron chi connectivity index (χ4n) is 3.32. The number of aromatic nitrogens is 1. The largest absolute Gasteiger partial charge is 0.443 e. The highest BCUT2D eigenvalue weighted by atomic mass is 19.1. The molecule has 0 bridgehead atoms. The first-order valence-electron chi connectivity index (χ1n) is 9.86. The topological polar surface area (TPSA) is 97.5 Å². The molecule has 0 aliphatic carbocycles. The number of nitrogens with one attached hydrogen (secondary N) is 1. The van der Waals surface area contributed by atoms with Gasteiger partial charge in [-0.1, -0.05) is 0 Å². The number of pyridine rings is 1. The Morgan fingerprint density at radius 2 is 2.00 bits per heavy atom. The van der Waals surface area contributed by atoms with Gasteiger partial charge in [0, 0.05) is 35.5 Å². The maximum absolute atomic E-state index is 15.3. The van der Waals surface area contributed by atoms with Gasteiger partial charge in [-0.2, -0.15) is 0 Å². The van der Waals surface area contributed by atoms with Gasteiger partial charge < -0.3 is 15.8 Å². The number of carbonyl (C=O) groups is 2. The van der Waals surface area contributed by atoms with Crippen molar-refractivity contribution in [2.24, 2.45) is 0 Å². The van der Waals surface area contributed by atoms with Crippen LogP contribution in [0.5, 0.6) is 0 Å². The van der Waals surface area contributed by atoms with Crippen LogP contribution in [-0.2, 0) is 11.2 Å². The smallest absolute Gasteiger partial charge is 0.414 e. The van der Waals surface area contributed by atoms with E-state index in [1.165, 1.54) is 17.2 Å². The van der Waals surface area contributed by atoms with Gasteiger partial charge in [0.1, 0.15) is 17.2 Å². The molecule has 160 valence electrons. The van der Waals surface area contributed by atoms with Gasteiger partial charge in [0.05, 0.1) is 11.3 Å². The van der Waals surface area contributed by atoms with Crippen LogP contribution >= 0.6 is 0 Å². The van der Waals surface area contributed by atoms with Crippen molar-refractivity contribution in [3.8, 4) is 11.1 Å². The number of hydrogen-bond donors (Lipinski definition) is 2. The number of fused-ring (bicyclic) bond motifs is 1. The van der Waals surface area contributed by atoms with E-state index in [4.69, 9.17) is 10.5 Å². The second-order valence-electron chi connectivity index (χ2n) is 8.59. The molecule has 0 radical (unpaired) electrons. The zero-order chi connectivity index (χ0) is 22.2. The van der Waals surface area contributed by atoms with Gasteiger partial charge in [-0.3, -0.25) is 9.69 Å². The monoisotopic (exact) mass is 414 g/mol. The number of halogens is 1. The first-order valence-corrected chi connectivity index (χ1v) is 9.86. The zero-order valence-corrected chi connectivity index (χ0v) is 17.9. The van der Waals surface area contributed by atoms with E-state index < -0.39 is 17.5 Å². The highest BCUT2D eigenvalue weighted by Crippen LogP contribution is 2.36. The summed E-state index contributed by atoms with van der Waals surface area (Å²) < 4.78 is 20.8. The molecule has 0 spiro atoms. The lowest BCUT2D eigenvalue weighted by Gasteiger charge is -2.25. The Morgan fingerprint density at radius 1 is 1.30 bits per heavy atom. The Labute approximate surface area is 175 Å². The van der Waals surface area contributed by atoms with Crippen LogP contribution in [0.15, 0.2) is 24.4 Å². The first kappa shape index (κ1) is 21.5. The van der Waals surface area contributed by atoms with Crippen LogP contribution in [0.1, 0.15) is 50.5 Å². The van der Waals surface area contributed by atoms with E-state index in [1.807, 2.05) is 13.8 Å². The summed E-state index contributed by atoms with van der Waals surface area (Å²) in [5, 5.41) is 2.76. The molecule has 0 atom stereocenters. The van der Waals surface area contributed by atoms with Crippen molar-refractivity contribution < 1.29 is 18.7 Å². The van der Waals surface area contributed by atoms with Crippen molar-refractivity contribution in [3.05, 3.63) is 41.3 Å². The molecule has 30 heavy (non-hydrogen) atoms. The Bertz CT molecular complexity index is 999. The molecule has 3 N–H and O–H groups in total. The predicted molar refractivity (Wildman–Crippen MR) is 114 cm³/mol. The van der Waals surface area contributed by atoms with Crippen molar-refractivity contribution in [1.82, 2.24) is 10.3 Å². The standard InChI is InChI=1S/C22H27FN4O3/c1-12(2)26-20(28)16-10-13(11-25-19(16)24)14-6-7-17-15(18(14)23)8-9-27(17)21(29)30-22(3,4)5/h6-7,10-12H,8-9H2,1-5H3,(H2,24,25)(H,26,28). The van der Waals surface area contributed by atoms with Crippen LogP contribution in [0.25, 0.3) is 11.1 Å². The summed E-state index contributed by atoms with van der Waals surface area (Å²) in [5.41, 5.74) is 7.07. The van der Waals surface area contributed by atoms with Gasteiger partial charge in [-0.15, -0.1) is 0 Å². The number of benzene rings is 1. The van der Waals surface area contributed by atoms with Crippen LogP contribution in [0, 0.1) is 5.82 Å². The summed E-state index contributed by atoms with van der Waals surface area (Å²) >= 11 is 0. The van der Waals surface area contributed by atoms with Gasteiger partial charge in [-0.05, 0) is 59.2 Å². The third-order valence-electron chi connectivity index (χ3n) is 4.60. The third-order valence-corrected chi connectivity index (χ3v) is 4.60. The Balaban J connectivity index is 1.95. The maximum Gasteiger partial charge on any atom is 0.414 e. The molecule has 0 unspecified atom stereocenters. The molecule has 1 aliphatic rings. The van der Waals surface area contributed by atoms with Crippen molar-refractivity contribution >= 4 is 23.5 Å². The van der Waals surface area contributed by atoms with Gasteiger partial charge >= 0.3 is 6.09 Å². The molecule has 0 fully saturated rings. The molecular weight excluding hydrogens is 387 g/mol. The Morgan fingerprint density at radius 3 is 2.63 bits per heavy atom. The molecule has 0 saturated carbocycles. The van der Waals surface area contributed by atoms with Crippen molar-refractivity contribution in [1.29, 1.82) is 0 Å². The van der Waals surface area contributed by atoms with Gasteiger partial charge in [0.25, 0.3) is 5.91 Å². The summed E-state index contributed by atoms with van der Waals surface area (Å²) in [6, 6.07) is 4.73. The van der Waals surface area contributed by atoms with E-state index in [0.29, 0.717) is 35.3 Å². The third kappa shape index (κ3) is 4.37. The minimum atomic E-state index is -0.638. The number of nitrogens with zero attached hydrogens (tertiary/aromatic N) is 2. The number of amides is 2. The summed E-state index contributed by atoms with van der Waals surface area (Å²) in [5.74, 6) is -0.732. The van der Waals surface area contributed by atoms with Gasteiger partial charge in [0.15, 0.2) is 0 Å². The van der Waals surface area contributed by atoms with E-state index in [9.17, 15) is 9.59 Å². The van der Waals surface area contributed by atoms with Crippen LogP contribution in [0.2, 0.25) is 0 Å². The number of nitrogens with two attached hydrogens (primary N) is 1. The fourth-order valence-corrected chi connectivity index (χ4v) is 3.32. The van der Waals surface area contributed by atoms with E-state index in [0.717, 1.165) is 0 Å². The number of hydrogen-bond acceptors (Lipinski definition) is 5. The Hall–Kier alpha value is -3.16. The molecule has 2 heterocycles. The lowest BCUT2D eigenvalue weighted by Crippen LogP contribution is -2.35. The number of nitrogen functional groups attached to an aromatic ring is 1. The van der Waals surface area contributed by atoms with Gasteiger partial charge in [-0.25, -0.2) is 14.2 Å². The van der Waals surface area contributed by atoms with Crippen LogP contribution in [0.3, 0.4) is 0 Å². The average Bonchev–Trinajstić information content (AvgIpc) is 3.06. The first-order chi connectivity index (χ1) is 14.0. The summed E-state index contributed by atoms with van der Waals surface area (Å²) in [6.07, 6.45) is 1.31. The average molecular weight is 414 g/mol. The van der Waals surface area contributed by atoms with Crippen LogP contribution < -0.4 is 16.0 Å². The van der Waals surface area contributed by atoms with Crippen molar-refractivity contribution in [2.45, 2.75) is 52.7 Å². The normalized spacial score (nSPS) is 13.4. The summed E-state index contributed by atoms with van der Waals surface area (Å²) in [4.78, 5) is 30.3. The van der Waals surface area contributed by atoms with E-state index in [-0.39, 0.29) is 23.3 Å². The zero-order valence-electron chi connectivity index (χ0n) is 17.9. The molecule has 1 aromatic carbocycles. The lowest BCUT2D eigenvalue weighted by atomic mass is 10.00. The molecule has 3 rings (SSSR count). The van der Waals surface area contributed by atoms with Crippen LogP contribution in [-0.4, -0.2) is 35.2 Å². The quantitative estimate of drug-likeness (QED) is 0.794. The second-order valence-corrected chi connectivity index (χ2v) is 8.59. The lowest BCUT2D eigenvalue weighted by molar-refractivity contribution is 0.0583. The van der Waals surface area contributed by atoms with Crippen molar-refractivity contribution in [2.75, 3.05) is 17.2 Å². The molecule has 1 aromatic heterocycles. The highest BCUT2D eigenvalue weighted by molar-refractivity contribution is 5.99. The Kier molecular flexibility index (Phi) is 5.70. The summed E-state index contributed by atoms with van der Waals surface area (Å²) in [6.45, 7) is 9.36. The molecule has 2 aromatic rings. The number of carbonyl (C=O) groups excluding carboxylic acids is 2. The van der Waals surface area contributed by atoms with Gasteiger partial charge in [0.2, 0.25) is 0 Å². The minimum absolute atomic E-state index is 0.0730. The van der Waals surface area contributed by atoms with Crippen LogP contribution in [0.4, 0.5) is 20.7 Å². The molecule has 8 heteroatoms. The van der Waals surface area contributed by atoms with E-state index in [1.54, 1.807) is 32.9 Å². The molecule has 0 saturated heterocycles. The fraction of sp³-hybridized carbons (Fsp3) is 0.409. The maximum atomic E-state index is 15.3. The summed E-state index contributed by atoms with van der Waals surface area (Å²) in [7, 11) is 0. The predicted octanol–water partition coefficient (Wildman–Crippen LogP) is 3.91. The second kappa shape index (κ2) is 7.93. The molecule has 2 amide bonds. The van der Waals surface area contributed by atoms with E-state index in [2.05, 4.69) is 10.3 Å². The minimum Gasteiger partial charge on any atom is -0.443 e. The van der Waals surface area contributed by atoms with E-state index >= 15 is 4.39 Å². The molecule has 1 aliphatic heterocycles. The van der Waals surface area contributed by atoms with Crippen molar-refractivity contribution in [3.63, 3.8) is 0 Å². The SMILES string of the molecule is CC(C)NC(=O)c1cc(-c2ccc3c(c2F)CCN3C(=O)OC(C)(C)C)cnc1N. The molecule has 7 nitrogen and oxygen atoms in total. The number of anilines is 2. The highest BCUT2D eigenvalue weighted by Gasteiger charge is 2.31. The molecular formula is C22H27FN4O3. The number of rotatable bonds is 3. The number of ether oxygens (including phenoxy) is 1.